The molecule has 4 N–H and O–H groups in total. The maximum atomic E-state index is 14.4. The van der Waals surface area contributed by atoms with Crippen LogP contribution in [0.1, 0.15) is 43.0 Å². The molecule has 14 heteroatoms. The van der Waals surface area contributed by atoms with Crippen LogP contribution in [0, 0.1) is 13.8 Å². The fourth-order valence-electron chi connectivity index (χ4n) is 6.30. The van der Waals surface area contributed by atoms with Gasteiger partial charge in [-0.1, -0.05) is 70.9 Å². The molecule has 0 bridgehead atoms. The molecule has 276 valence electrons. The highest BCUT2D eigenvalue weighted by atomic mass is 32.2. The summed E-state index contributed by atoms with van der Waals surface area (Å²) in [5.74, 6) is -3.00. The van der Waals surface area contributed by atoms with Gasteiger partial charge in [0.05, 0.1) is 16.7 Å². The molecule has 2 heterocycles. The molecule has 0 aliphatic rings. The summed E-state index contributed by atoms with van der Waals surface area (Å²) >= 11 is 0. The van der Waals surface area contributed by atoms with Crippen molar-refractivity contribution < 1.29 is 37.2 Å². The van der Waals surface area contributed by atoms with Crippen molar-refractivity contribution in [2.24, 2.45) is 0 Å². The Morgan fingerprint density at radius 2 is 1.57 bits per heavy atom. The Hall–Kier alpha value is -6.54. The predicted molar refractivity (Wildman–Crippen MR) is 200 cm³/mol. The number of aromatic carboxylic acids is 1. The van der Waals surface area contributed by atoms with Crippen molar-refractivity contribution in [1.82, 2.24) is 25.1 Å². The monoisotopic (exact) mass is 747 g/mol. The van der Waals surface area contributed by atoms with Crippen LogP contribution in [-0.2, 0) is 32.5 Å². The number of nitrogens with one attached hydrogen (secondary N) is 3. The average Bonchev–Trinajstić information content (AvgIpc) is 3.84. The number of aromatic nitrogens is 2. The molecule has 0 fully saturated rings. The number of carbonyl (C=O) groups is 4. The van der Waals surface area contributed by atoms with Gasteiger partial charge < -0.3 is 24.8 Å². The summed E-state index contributed by atoms with van der Waals surface area (Å²) in [5, 5.41) is 16.7. The van der Waals surface area contributed by atoms with Crippen LogP contribution in [-0.4, -0.2) is 71.4 Å². The second kappa shape index (κ2) is 15.6. The number of nitrogens with zero attached hydrogens (tertiary/aromatic N) is 2. The highest BCUT2D eigenvalue weighted by molar-refractivity contribution is 7.90. The lowest BCUT2D eigenvalue weighted by atomic mass is 9.99. The second-order valence-electron chi connectivity index (χ2n) is 13.0. The van der Waals surface area contributed by atoms with Crippen molar-refractivity contribution in [3.8, 4) is 11.3 Å². The summed E-state index contributed by atoms with van der Waals surface area (Å²) in [6.07, 6.45) is 3.11. The molecule has 0 saturated carbocycles. The predicted octanol–water partition coefficient (Wildman–Crippen LogP) is 5.05. The van der Waals surface area contributed by atoms with Crippen molar-refractivity contribution in [3.05, 3.63) is 143 Å². The number of H-pyrrole nitrogens is 1. The molecular formula is C40H37N5O8S. The lowest BCUT2D eigenvalue weighted by Gasteiger charge is -2.29. The number of carbonyl (C=O) groups excluding carboxylic acids is 3. The van der Waals surface area contributed by atoms with Gasteiger partial charge >= 0.3 is 5.97 Å². The third kappa shape index (κ3) is 8.40. The Morgan fingerprint density at radius 3 is 2.26 bits per heavy atom. The first-order valence-corrected chi connectivity index (χ1v) is 18.4. The standard InChI is InChI=1S/C40H37N5O8S/c1-24-17-25(2)19-29(18-24)39(48)45(3)35(20-26-11-13-27(14-12-26)36-15-16-42-53-36)38(47)43-34(22-30-23-41-33-10-5-4-9-32(30)33)37(46)44-54(51,52)31-8-6-7-28(21-31)40(49)50/h4-19,21,23,34-35,41H,20,22H2,1-3H3,(H,43,47)(H,44,46)(H,49,50)/t34-,35+/m0/s1. The zero-order valence-electron chi connectivity index (χ0n) is 29.6. The molecule has 2 atom stereocenters. The van der Waals surface area contributed by atoms with Gasteiger partial charge in [0, 0.05) is 54.2 Å². The minimum Gasteiger partial charge on any atom is -0.478 e. The quantitative estimate of drug-likeness (QED) is 0.125. The van der Waals surface area contributed by atoms with Crippen LogP contribution in [0.5, 0.6) is 0 Å². The van der Waals surface area contributed by atoms with Crippen LogP contribution >= 0.6 is 0 Å². The summed E-state index contributed by atoms with van der Waals surface area (Å²) in [6.45, 7) is 3.73. The summed E-state index contributed by atoms with van der Waals surface area (Å²) in [4.78, 5) is 57.9. The maximum absolute atomic E-state index is 14.4. The number of carboxylic acids is 1. The Kier molecular flexibility index (Phi) is 10.8. The number of sulfonamides is 1. The number of likely N-dealkylation sites (N-methyl/N-ethyl adjacent to an activating group) is 1. The van der Waals surface area contributed by atoms with E-state index in [1.54, 1.807) is 48.7 Å². The summed E-state index contributed by atoms with van der Waals surface area (Å²) in [5.41, 5.74) is 4.64. The Balaban J connectivity index is 1.34. The third-order valence-corrected chi connectivity index (χ3v) is 10.4. The molecule has 13 nitrogen and oxygen atoms in total. The maximum Gasteiger partial charge on any atom is 0.335 e. The molecule has 6 rings (SSSR count). The molecule has 54 heavy (non-hydrogen) atoms. The zero-order valence-corrected chi connectivity index (χ0v) is 30.4. The average molecular weight is 748 g/mol. The third-order valence-electron chi connectivity index (χ3n) is 9.02. The molecule has 0 unspecified atom stereocenters. The van der Waals surface area contributed by atoms with Crippen LogP contribution in [0.4, 0.5) is 0 Å². The van der Waals surface area contributed by atoms with Gasteiger partial charge in [-0.05, 0) is 61.4 Å². The van der Waals surface area contributed by atoms with Crippen LogP contribution in [0.2, 0.25) is 0 Å². The van der Waals surface area contributed by atoms with Gasteiger partial charge in [0.1, 0.15) is 12.1 Å². The minimum absolute atomic E-state index is 0.0389. The van der Waals surface area contributed by atoms with Crippen LogP contribution in [0.3, 0.4) is 0 Å². The van der Waals surface area contributed by atoms with E-state index in [0.717, 1.165) is 39.7 Å². The number of benzene rings is 4. The van der Waals surface area contributed by atoms with Gasteiger partial charge in [-0.2, -0.15) is 0 Å². The lowest BCUT2D eigenvalue weighted by molar-refractivity contribution is -0.130. The largest absolute Gasteiger partial charge is 0.478 e. The van der Waals surface area contributed by atoms with Crippen molar-refractivity contribution in [2.45, 2.75) is 43.7 Å². The Labute approximate surface area is 311 Å². The highest BCUT2D eigenvalue weighted by Crippen LogP contribution is 2.23. The number of amides is 3. The number of fused-ring (bicyclic) bond motifs is 1. The van der Waals surface area contributed by atoms with Crippen molar-refractivity contribution in [3.63, 3.8) is 0 Å². The molecule has 0 aliphatic heterocycles. The number of para-hydroxylation sites is 1. The van der Waals surface area contributed by atoms with E-state index in [9.17, 15) is 32.7 Å². The van der Waals surface area contributed by atoms with E-state index >= 15 is 0 Å². The van der Waals surface area contributed by atoms with Crippen molar-refractivity contribution >= 4 is 44.6 Å². The molecular weight excluding hydrogens is 711 g/mol. The van der Waals surface area contributed by atoms with Crippen molar-refractivity contribution in [2.75, 3.05) is 7.05 Å². The molecule has 0 radical (unpaired) electrons. The van der Waals surface area contributed by atoms with E-state index in [-0.39, 0.29) is 18.4 Å². The van der Waals surface area contributed by atoms with Gasteiger partial charge in [0.25, 0.3) is 21.8 Å². The van der Waals surface area contributed by atoms with Gasteiger partial charge in [-0.15, -0.1) is 0 Å². The molecule has 2 aromatic heterocycles. The topological polar surface area (TPSA) is 192 Å². The minimum atomic E-state index is -4.58. The van der Waals surface area contributed by atoms with Crippen LogP contribution in [0.15, 0.2) is 119 Å². The first-order chi connectivity index (χ1) is 25.8. The van der Waals surface area contributed by atoms with E-state index in [0.29, 0.717) is 22.5 Å². The van der Waals surface area contributed by atoms with E-state index in [1.807, 2.05) is 48.9 Å². The number of hydrogen-bond acceptors (Lipinski definition) is 8. The SMILES string of the molecule is Cc1cc(C)cc(C(=O)N(C)[C@H](Cc2ccc(-c3ccno3)cc2)C(=O)N[C@@H](Cc2c[nH]c3ccccc23)C(=O)NS(=O)(=O)c2cccc(C(=O)O)c2)c1. The Morgan fingerprint density at radius 1 is 0.852 bits per heavy atom. The molecule has 3 amide bonds. The second-order valence-corrected chi connectivity index (χ2v) is 14.7. The summed E-state index contributed by atoms with van der Waals surface area (Å²) < 4.78 is 34.1. The lowest BCUT2D eigenvalue weighted by Crippen LogP contribution is -2.56. The van der Waals surface area contributed by atoms with Crippen molar-refractivity contribution in [1.29, 1.82) is 0 Å². The summed E-state index contributed by atoms with van der Waals surface area (Å²) in [6, 6.07) is 23.5. The van der Waals surface area contributed by atoms with Crippen LogP contribution in [0.25, 0.3) is 22.2 Å². The van der Waals surface area contributed by atoms with Gasteiger partial charge in [-0.25, -0.2) is 17.9 Å². The number of aromatic amines is 1. The normalized spacial score (nSPS) is 12.5. The number of aryl methyl sites for hydroxylation is 2. The van der Waals surface area contributed by atoms with E-state index in [1.165, 1.54) is 30.3 Å². The molecule has 0 spiro atoms. The fourth-order valence-corrected chi connectivity index (χ4v) is 7.36. The zero-order chi connectivity index (χ0) is 38.6. The van der Waals surface area contributed by atoms with E-state index in [4.69, 9.17) is 4.52 Å². The van der Waals surface area contributed by atoms with E-state index in [2.05, 4.69) is 15.5 Å². The first kappa shape index (κ1) is 37.2. The van der Waals surface area contributed by atoms with Gasteiger partial charge in [-0.3, -0.25) is 14.4 Å². The highest BCUT2D eigenvalue weighted by Gasteiger charge is 2.33. The van der Waals surface area contributed by atoms with Gasteiger partial charge in [0.2, 0.25) is 5.91 Å². The number of carboxylic acid groups (broad SMARTS) is 1. The Bertz CT molecular complexity index is 2440. The first-order valence-electron chi connectivity index (χ1n) is 16.9. The smallest absolute Gasteiger partial charge is 0.335 e. The molecule has 0 aliphatic carbocycles. The summed E-state index contributed by atoms with van der Waals surface area (Å²) in [7, 11) is -3.08. The molecule has 4 aromatic carbocycles. The number of hydrogen-bond donors (Lipinski definition) is 4. The fraction of sp³-hybridized carbons (Fsp3) is 0.175. The molecule has 6 aromatic rings. The van der Waals surface area contributed by atoms with Gasteiger partial charge in [0.15, 0.2) is 5.76 Å². The molecule has 0 saturated heterocycles. The van der Waals surface area contributed by atoms with Crippen LogP contribution < -0.4 is 10.0 Å². The number of rotatable bonds is 13. The van der Waals surface area contributed by atoms with E-state index < -0.39 is 50.7 Å².